The number of furan rings is 1. The first-order valence-electron chi connectivity index (χ1n) is 9.48. The van der Waals surface area contributed by atoms with Crippen LogP contribution in [0, 0.1) is 5.82 Å². The van der Waals surface area contributed by atoms with E-state index in [0.29, 0.717) is 28.3 Å². The van der Waals surface area contributed by atoms with Crippen LogP contribution >= 0.6 is 0 Å². The lowest BCUT2D eigenvalue weighted by Crippen LogP contribution is -2.50. The van der Waals surface area contributed by atoms with Gasteiger partial charge in [0.05, 0.1) is 28.4 Å². The normalized spacial score (nSPS) is 15.5. The number of carbonyl (C=O) groups is 2. The van der Waals surface area contributed by atoms with Crippen molar-refractivity contribution in [2.24, 2.45) is 16.5 Å². The number of urea groups is 1. The number of amides is 2. The molecule has 34 heavy (non-hydrogen) atoms. The van der Waals surface area contributed by atoms with Crippen LogP contribution in [0.3, 0.4) is 0 Å². The number of fused-ring (bicyclic) bond motifs is 1. The number of alkyl halides is 3. The Labute approximate surface area is 187 Å². The second kappa shape index (κ2) is 8.10. The van der Waals surface area contributed by atoms with Gasteiger partial charge >= 0.3 is 18.2 Å². The molecule has 1 atom stereocenters. The monoisotopic (exact) mass is 477 g/mol. The topological polar surface area (TPSA) is 138 Å². The molecule has 0 aliphatic carbocycles. The van der Waals surface area contributed by atoms with Crippen molar-refractivity contribution in [1.82, 2.24) is 0 Å². The Hall–Kier alpha value is -4.55. The van der Waals surface area contributed by atoms with Gasteiger partial charge in [-0.15, -0.1) is 0 Å². The van der Waals surface area contributed by atoms with Crippen LogP contribution in [0.4, 0.5) is 39.4 Å². The summed E-state index contributed by atoms with van der Waals surface area (Å²) in [7, 11) is 0. The van der Waals surface area contributed by atoms with E-state index < -0.39 is 41.4 Å². The summed E-state index contributed by atoms with van der Waals surface area (Å²) in [6.07, 6.45) is -4.96. The van der Waals surface area contributed by atoms with Crippen molar-refractivity contribution >= 4 is 34.9 Å². The summed E-state index contributed by atoms with van der Waals surface area (Å²) in [5.74, 6) is -2.42. The van der Waals surface area contributed by atoms with Crippen LogP contribution in [0.1, 0.15) is 5.56 Å². The molecule has 4 rings (SSSR count). The van der Waals surface area contributed by atoms with Crippen LogP contribution in [0.25, 0.3) is 5.82 Å². The van der Waals surface area contributed by atoms with Crippen LogP contribution in [-0.4, -0.2) is 23.3 Å². The van der Waals surface area contributed by atoms with E-state index in [2.05, 4.69) is 4.99 Å². The molecule has 0 bridgehead atoms. The fourth-order valence-electron chi connectivity index (χ4n) is 3.48. The van der Waals surface area contributed by atoms with Crippen molar-refractivity contribution in [2.45, 2.75) is 12.3 Å². The first-order chi connectivity index (χ1) is 16.0. The molecule has 1 aromatic heterocycles. The van der Waals surface area contributed by atoms with Gasteiger partial charge in [-0.05, 0) is 48.5 Å². The number of carboxylic acid groups (broad SMARTS) is 1. The van der Waals surface area contributed by atoms with Crippen LogP contribution in [0.15, 0.2) is 64.2 Å². The van der Waals surface area contributed by atoms with E-state index >= 15 is 0 Å². The van der Waals surface area contributed by atoms with Crippen molar-refractivity contribution in [1.29, 1.82) is 0 Å². The number of rotatable bonds is 4. The standard InChI is InChI=1S/C21H15F4N5O4/c22-14-6-1-10(21(23,24)25)9-15(14)29(20(27)33)11-2-4-12(5-3-11)30-16(26)13-7-8-34-18(13)28-17(30)19(31)32/h1-9,17H,26H2,(H2,27,33)(H,31,32). The highest BCUT2D eigenvalue weighted by atomic mass is 19.4. The minimum Gasteiger partial charge on any atom is -0.478 e. The largest absolute Gasteiger partial charge is 0.478 e. The van der Waals surface area contributed by atoms with Crippen LogP contribution in [-0.2, 0) is 11.0 Å². The highest BCUT2D eigenvalue weighted by molar-refractivity contribution is 5.99. The van der Waals surface area contributed by atoms with Gasteiger partial charge in [-0.2, -0.15) is 13.2 Å². The smallest absolute Gasteiger partial charge is 0.416 e. The molecule has 1 aliphatic rings. The van der Waals surface area contributed by atoms with E-state index in [1.807, 2.05) is 0 Å². The number of halogens is 4. The Morgan fingerprint density at radius 3 is 2.38 bits per heavy atom. The van der Waals surface area contributed by atoms with Crippen LogP contribution < -0.4 is 32.0 Å². The first-order valence-corrected chi connectivity index (χ1v) is 9.48. The lowest BCUT2D eigenvalue weighted by Gasteiger charge is -2.30. The van der Waals surface area contributed by atoms with E-state index in [0.717, 1.165) is 0 Å². The summed E-state index contributed by atoms with van der Waals surface area (Å²) in [5.41, 5.74) is 9.77. The van der Waals surface area contributed by atoms with Gasteiger partial charge in [0.15, 0.2) is 0 Å². The predicted molar refractivity (Wildman–Crippen MR) is 111 cm³/mol. The number of hydrogen-bond acceptors (Lipinski definition) is 6. The van der Waals surface area contributed by atoms with Crippen molar-refractivity contribution in [3.8, 4) is 0 Å². The zero-order valence-corrected chi connectivity index (χ0v) is 17.0. The summed E-state index contributed by atoms with van der Waals surface area (Å²) in [5, 5.41) is 9.94. The number of nitrogens with zero attached hydrogens (tertiary/aromatic N) is 3. The molecule has 0 fully saturated rings. The van der Waals surface area contributed by atoms with Crippen molar-refractivity contribution < 1.29 is 36.7 Å². The molecular weight excluding hydrogens is 462 g/mol. The quantitative estimate of drug-likeness (QED) is 0.493. The second-order valence-electron chi connectivity index (χ2n) is 7.09. The van der Waals surface area contributed by atoms with Gasteiger partial charge in [-0.25, -0.2) is 19.0 Å². The Balaban J connectivity index is 1.77. The predicted octanol–water partition coefficient (Wildman–Crippen LogP) is 2.23. The third-order valence-corrected chi connectivity index (χ3v) is 5.01. The summed E-state index contributed by atoms with van der Waals surface area (Å²) in [6.45, 7) is 0. The van der Waals surface area contributed by atoms with Gasteiger partial charge in [0.25, 0.3) is 0 Å². The highest BCUT2D eigenvalue weighted by Crippen LogP contribution is 2.36. The Morgan fingerprint density at radius 2 is 1.79 bits per heavy atom. The summed E-state index contributed by atoms with van der Waals surface area (Å²) < 4.78 is 58.8. The molecular formula is C21H15F4N5O4. The molecule has 2 heterocycles. The number of hydrogen-bond donors (Lipinski definition) is 3. The van der Waals surface area contributed by atoms with Gasteiger partial charge in [-0.3, -0.25) is 9.80 Å². The minimum absolute atomic E-state index is 0.0228. The Kier molecular flexibility index (Phi) is 5.39. The van der Waals surface area contributed by atoms with E-state index in [-0.39, 0.29) is 22.7 Å². The van der Waals surface area contributed by atoms with Crippen LogP contribution in [0.5, 0.6) is 0 Å². The minimum atomic E-state index is -4.78. The van der Waals surface area contributed by atoms with Gasteiger partial charge < -0.3 is 21.0 Å². The molecule has 5 N–H and O–H groups in total. The highest BCUT2D eigenvalue weighted by Gasteiger charge is 2.33. The summed E-state index contributed by atoms with van der Waals surface area (Å²) >= 11 is 0. The molecule has 1 aliphatic heterocycles. The fourth-order valence-corrected chi connectivity index (χ4v) is 3.48. The molecule has 0 saturated carbocycles. The maximum atomic E-state index is 14.4. The van der Waals surface area contributed by atoms with Gasteiger partial charge in [-0.1, -0.05) is 0 Å². The molecule has 2 amide bonds. The Bertz CT molecular complexity index is 1400. The number of benzene rings is 2. The van der Waals surface area contributed by atoms with Crippen molar-refractivity contribution in [3.63, 3.8) is 0 Å². The first kappa shape index (κ1) is 22.6. The third kappa shape index (κ3) is 3.87. The van der Waals surface area contributed by atoms with E-state index in [4.69, 9.17) is 15.9 Å². The van der Waals surface area contributed by atoms with E-state index in [1.165, 1.54) is 41.5 Å². The second-order valence-corrected chi connectivity index (χ2v) is 7.09. The zero-order chi connectivity index (χ0) is 24.8. The molecule has 9 nitrogen and oxygen atoms in total. The molecule has 176 valence electrons. The van der Waals surface area contributed by atoms with E-state index in [1.54, 1.807) is 0 Å². The third-order valence-electron chi connectivity index (χ3n) is 5.01. The Morgan fingerprint density at radius 1 is 1.12 bits per heavy atom. The molecule has 13 heteroatoms. The molecule has 0 spiro atoms. The number of carbonyl (C=O) groups excluding carboxylic acids is 1. The molecule has 0 radical (unpaired) electrons. The lowest BCUT2D eigenvalue weighted by molar-refractivity contribution is -0.139. The van der Waals surface area contributed by atoms with Gasteiger partial charge in [0.1, 0.15) is 11.6 Å². The summed E-state index contributed by atoms with van der Waals surface area (Å²) in [6, 6.07) is 7.00. The fraction of sp³-hybridized carbons (Fsp3) is 0.0952. The van der Waals surface area contributed by atoms with Crippen molar-refractivity contribution in [3.05, 3.63) is 76.9 Å². The van der Waals surface area contributed by atoms with Gasteiger partial charge in [0, 0.05) is 5.69 Å². The number of aliphatic carboxylic acids is 1. The molecule has 0 saturated heterocycles. The molecule has 2 aromatic carbocycles. The van der Waals surface area contributed by atoms with Crippen LogP contribution in [0.2, 0.25) is 0 Å². The maximum Gasteiger partial charge on any atom is 0.416 e. The SMILES string of the molecule is NC(=O)N(c1ccc(N2C(N)=c3ccoc3=NC2C(=O)O)cc1)c1cc(C(F)(F)F)ccc1F. The lowest BCUT2D eigenvalue weighted by atomic mass is 10.1. The van der Waals surface area contributed by atoms with E-state index in [9.17, 15) is 32.3 Å². The number of anilines is 3. The maximum absolute atomic E-state index is 14.4. The number of primary amides is 1. The zero-order valence-electron chi connectivity index (χ0n) is 17.0. The molecule has 1 unspecified atom stereocenters. The molecule has 3 aromatic rings. The average Bonchev–Trinajstić information content (AvgIpc) is 3.24. The van der Waals surface area contributed by atoms with Gasteiger partial charge in [0.2, 0.25) is 11.7 Å². The summed E-state index contributed by atoms with van der Waals surface area (Å²) in [4.78, 5) is 29.6. The number of nitrogens with two attached hydrogens (primary N) is 2. The number of carboxylic acids is 1. The van der Waals surface area contributed by atoms with Crippen molar-refractivity contribution in [2.75, 3.05) is 9.80 Å². The average molecular weight is 477 g/mol.